The van der Waals surface area contributed by atoms with Crippen LogP contribution >= 0.6 is 7.60 Å². The molecule has 0 saturated carbocycles. The molecule has 4 N–H and O–H groups in total. The summed E-state index contributed by atoms with van der Waals surface area (Å²) in [5.41, 5.74) is 6.02. The Labute approximate surface area is 111 Å². The van der Waals surface area contributed by atoms with E-state index >= 15 is 0 Å². The Bertz CT molecular complexity index is 782. The number of hydrogen-bond donors (Lipinski definition) is 3. The van der Waals surface area contributed by atoms with E-state index in [-0.39, 0.29) is 28.2 Å². The van der Waals surface area contributed by atoms with Gasteiger partial charge in [0.05, 0.1) is 12.5 Å². The highest BCUT2D eigenvalue weighted by Gasteiger charge is 2.30. The van der Waals surface area contributed by atoms with Crippen LogP contribution in [0.3, 0.4) is 0 Å². The third-order valence-electron chi connectivity index (χ3n) is 2.66. The predicted octanol–water partition coefficient (Wildman–Crippen LogP) is 1.58. The topological polar surface area (TPSA) is 136 Å². The summed E-state index contributed by atoms with van der Waals surface area (Å²) in [7, 11) is -4.51. The Morgan fingerprint density at radius 3 is 2.65 bits per heavy atom. The van der Waals surface area contributed by atoms with Crippen molar-refractivity contribution in [3.63, 3.8) is 0 Å². The van der Waals surface area contributed by atoms with Crippen molar-refractivity contribution in [3.8, 4) is 22.8 Å². The maximum Gasteiger partial charge on any atom is 0.360 e. The molecule has 0 bridgehead atoms. The van der Waals surface area contributed by atoms with Crippen molar-refractivity contribution in [2.45, 2.75) is 0 Å². The van der Waals surface area contributed by atoms with Crippen LogP contribution in [0.2, 0.25) is 0 Å². The summed E-state index contributed by atoms with van der Waals surface area (Å²) in [4.78, 5) is 18.6. The van der Waals surface area contributed by atoms with Crippen LogP contribution in [0.1, 0.15) is 0 Å². The fourth-order valence-electron chi connectivity index (χ4n) is 1.83. The molecule has 3 aromatic rings. The van der Waals surface area contributed by atoms with Crippen LogP contribution in [0.25, 0.3) is 22.8 Å². The van der Waals surface area contributed by atoms with Gasteiger partial charge in [0.1, 0.15) is 16.6 Å². The monoisotopic (exact) mass is 296 g/mol. The summed E-state index contributed by atoms with van der Waals surface area (Å²) < 4.78 is 26.6. The number of nitrogen functional groups attached to an aromatic ring is 1. The lowest BCUT2D eigenvalue weighted by molar-refractivity contribution is 0.387. The first-order chi connectivity index (χ1) is 9.48. The molecule has 0 aliphatic heterocycles. The number of nitrogens with two attached hydrogens (primary N) is 1. The van der Waals surface area contributed by atoms with E-state index in [1.807, 2.05) is 0 Å². The minimum absolute atomic E-state index is 0.0389. The number of nitrogens with zero attached hydrogens (tertiary/aromatic N) is 1. The van der Waals surface area contributed by atoms with Gasteiger partial charge in [-0.15, -0.1) is 0 Å². The summed E-state index contributed by atoms with van der Waals surface area (Å²) in [6.45, 7) is 0. The molecule has 0 aliphatic rings. The van der Waals surface area contributed by atoms with Crippen LogP contribution in [0.4, 0.5) is 5.88 Å². The molecule has 0 unspecified atom stereocenters. The Balaban J connectivity index is 2.23. The normalized spacial score (nSPS) is 11.9. The lowest BCUT2D eigenvalue weighted by Gasteiger charge is -2.03. The highest BCUT2D eigenvalue weighted by Crippen LogP contribution is 2.42. The fourth-order valence-corrected chi connectivity index (χ4v) is 2.50. The minimum Gasteiger partial charge on any atom is -0.464 e. The van der Waals surface area contributed by atoms with E-state index in [1.165, 1.54) is 12.3 Å². The van der Waals surface area contributed by atoms with Crippen molar-refractivity contribution in [1.82, 2.24) is 5.16 Å². The zero-order chi connectivity index (χ0) is 14.3. The molecule has 3 heterocycles. The molecule has 9 heteroatoms. The Kier molecular flexibility index (Phi) is 2.79. The Hall–Kier alpha value is -2.28. The van der Waals surface area contributed by atoms with Gasteiger partial charge in [-0.3, -0.25) is 4.57 Å². The SMILES string of the molecule is Nc1onc(-c2occc2P(=O)(O)O)c1-c1ccco1. The highest BCUT2D eigenvalue weighted by atomic mass is 31.2. The van der Waals surface area contributed by atoms with Gasteiger partial charge in [-0.25, -0.2) is 0 Å². The molecular weight excluding hydrogens is 287 g/mol. The molecule has 3 rings (SSSR count). The van der Waals surface area contributed by atoms with E-state index in [0.717, 1.165) is 6.26 Å². The van der Waals surface area contributed by atoms with Crippen LogP contribution in [-0.2, 0) is 4.57 Å². The number of rotatable bonds is 3. The lowest BCUT2D eigenvalue weighted by atomic mass is 10.1. The second-order valence-corrected chi connectivity index (χ2v) is 5.50. The molecule has 0 radical (unpaired) electrons. The van der Waals surface area contributed by atoms with Gasteiger partial charge < -0.3 is 28.9 Å². The first kappa shape index (κ1) is 12.7. The zero-order valence-corrected chi connectivity index (χ0v) is 10.8. The van der Waals surface area contributed by atoms with E-state index in [1.54, 1.807) is 12.1 Å². The van der Waals surface area contributed by atoms with Crippen LogP contribution < -0.4 is 11.0 Å². The molecule has 0 spiro atoms. The van der Waals surface area contributed by atoms with Crippen LogP contribution in [-0.4, -0.2) is 14.9 Å². The van der Waals surface area contributed by atoms with Crippen LogP contribution in [0, 0.1) is 0 Å². The van der Waals surface area contributed by atoms with Gasteiger partial charge in [-0.2, -0.15) is 0 Å². The summed E-state index contributed by atoms with van der Waals surface area (Å²) in [5.74, 6) is 0.208. The molecule has 0 aliphatic carbocycles. The number of hydrogen-bond acceptors (Lipinski definition) is 6. The first-order valence-electron chi connectivity index (χ1n) is 5.41. The smallest absolute Gasteiger partial charge is 0.360 e. The Morgan fingerprint density at radius 1 is 1.20 bits per heavy atom. The molecule has 3 aromatic heterocycles. The van der Waals surface area contributed by atoms with Gasteiger partial charge in [-0.1, -0.05) is 5.16 Å². The summed E-state index contributed by atoms with van der Waals surface area (Å²) in [6, 6.07) is 4.43. The van der Waals surface area contributed by atoms with Gasteiger partial charge >= 0.3 is 7.60 Å². The van der Waals surface area contributed by atoms with Crippen molar-refractivity contribution < 1.29 is 27.7 Å². The van der Waals surface area contributed by atoms with Gasteiger partial charge in [0.15, 0.2) is 11.5 Å². The van der Waals surface area contributed by atoms with Crippen molar-refractivity contribution >= 4 is 18.8 Å². The highest BCUT2D eigenvalue weighted by molar-refractivity contribution is 7.60. The van der Waals surface area contributed by atoms with E-state index in [4.69, 9.17) is 19.1 Å². The summed E-state index contributed by atoms with van der Waals surface area (Å²) >= 11 is 0. The van der Waals surface area contributed by atoms with Gasteiger partial charge in [0.25, 0.3) is 0 Å². The van der Waals surface area contributed by atoms with Gasteiger partial charge in [0, 0.05) is 0 Å². The number of aromatic nitrogens is 1. The maximum absolute atomic E-state index is 11.4. The largest absolute Gasteiger partial charge is 0.464 e. The maximum atomic E-state index is 11.4. The average Bonchev–Trinajstić information content (AvgIpc) is 3.05. The van der Waals surface area contributed by atoms with Crippen LogP contribution in [0.15, 0.2) is 44.1 Å². The molecule has 20 heavy (non-hydrogen) atoms. The zero-order valence-electron chi connectivity index (χ0n) is 9.89. The van der Waals surface area contributed by atoms with Crippen molar-refractivity contribution in [3.05, 3.63) is 30.7 Å². The molecule has 0 fully saturated rings. The predicted molar refractivity (Wildman–Crippen MR) is 68.0 cm³/mol. The minimum atomic E-state index is -4.51. The van der Waals surface area contributed by atoms with E-state index in [2.05, 4.69) is 5.16 Å². The van der Waals surface area contributed by atoms with Crippen molar-refractivity contribution in [1.29, 1.82) is 0 Å². The van der Waals surface area contributed by atoms with Crippen molar-refractivity contribution in [2.75, 3.05) is 5.73 Å². The van der Waals surface area contributed by atoms with Crippen molar-refractivity contribution in [2.24, 2.45) is 0 Å². The van der Waals surface area contributed by atoms with E-state index in [9.17, 15) is 14.4 Å². The summed E-state index contributed by atoms with van der Waals surface area (Å²) in [6.07, 6.45) is 2.58. The first-order valence-corrected chi connectivity index (χ1v) is 7.02. The second kappa shape index (κ2) is 4.38. The molecule has 0 saturated heterocycles. The summed E-state index contributed by atoms with van der Waals surface area (Å²) in [5, 5.41) is 3.40. The number of anilines is 1. The van der Waals surface area contributed by atoms with Crippen LogP contribution in [0.5, 0.6) is 0 Å². The van der Waals surface area contributed by atoms with E-state index < -0.39 is 7.60 Å². The van der Waals surface area contributed by atoms with Gasteiger partial charge in [0.2, 0.25) is 5.88 Å². The van der Waals surface area contributed by atoms with E-state index in [0.29, 0.717) is 5.76 Å². The lowest BCUT2D eigenvalue weighted by Crippen LogP contribution is -2.04. The Morgan fingerprint density at radius 2 is 2.00 bits per heavy atom. The fraction of sp³-hybridized carbons (Fsp3) is 0. The van der Waals surface area contributed by atoms with Gasteiger partial charge in [-0.05, 0) is 18.2 Å². The molecular formula is C11H9N2O6P. The molecule has 104 valence electrons. The number of furan rings is 2. The molecule has 0 aromatic carbocycles. The second-order valence-electron chi connectivity index (χ2n) is 3.93. The average molecular weight is 296 g/mol. The third kappa shape index (κ3) is 1.96. The molecule has 8 nitrogen and oxygen atoms in total. The molecule has 0 atom stereocenters. The standard InChI is InChI=1S/C11H9N2O6P/c12-11-8(6-2-1-4-17-6)9(13-19-11)10-7(3-5-18-10)20(14,15)16/h1-5H,12H2,(H2,14,15,16). The quantitative estimate of drug-likeness (QED) is 0.620. The molecule has 0 amide bonds. The third-order valence-corrected chi connectivity index (χ3v) is 3.64.